The molecule has 2 saturated heterocycles. The second-order valence-corrected chi connectivity index (χ2v) is 9.44. The molecular formula is C22H50N2O4. The Morgan fingerprint density at radius 2 is 1.39 bits per heavy atom. The molecule has 0 aromatic heterocycles. The van der Waals surface area contributed by atoms with E-state index in [-0.39, 0.29) is 6.10 Å². The number of nitrogens with one attached hydrogen (secondary N) is 1. The van der Waals surface area contributed by atoms with Crippen LogP contribution in [0.1, 0.15) is 107 Å². The summed E-state index contributed by atoms with van der Waals surface area (Å²) in [7, 11) is 0. The van der Waals surface area contributed by atoms with Gasteiger partial charge in [-0.1, -0.05) is 19.8 Å². The first kappa shape index (κ1) is 30.0. The highest BCUT2D eigenvalue weighted by Crippen LogP contribution is 2.19. The van der Waals surface area contributed by atoms with Crippen LogP contribution >= 0.6 is 0 Å². The Bertz CT molecular complexity index is 329. The van der Waals surface area contributed by atoms with Crippen LogP contribution in [0.5, 0.6) is 0 Å². The standard InChI is InChI=1S/C8H17N.C7H15NO.C4H10O.C3H8O2/c1-3-8-6-4-5-7(2)9-8;1-6-4-3-5-7(2)8(6)9;1-4(2,3)5;1-3(2)5-4/h7-9H,3-6H2,1-2H3;6-7,9H,3-5H2,1-2H3;5H,1-3H3;3-4H,1-2H3. The lowest BCUT2D eigenvalue weighted by molar-refractivity contribution is -0.269. The van der Waals surface area contributed by atoms with Crippen molar-refractivity contribution in [1.29, 1.82) is 0 Å². The lowest BCUT2D eigenvalue weighted by atomic mass is 9.98. The second-order valence-electron chi connectivity index (χ2n) is 9.44. The van der Waals surface area contributed by atoms with E-state index in [1.165, 1.54) is 37.2 Å². The van der Waals surface area contributed by atoms with Crippen LogP contribution in [0.2, 0.25) is 0 Å². The molecule has 4 unspecified atom stereocenters. The van der Waals surface area contributed by atoms with Crippen LogP contribution in [0.15, 0.2) is 0 Å². The molecule has 0 saturated carbocycles. The van der Waals surface area contributed by atoms with E-state index in [1.54, 1.807) is 34.6 Å². The molecule has 6 heteroatoms. The molecule has 4 N–H and O–H groups in total. The van der Waals surface area contributed by atoms with Gasteiger partial charge in [0.25, 0.3) is 0 Å². The topological polar surface area (TPSA) is 85.2 Å². The molecular weight excluding hydrogens is 356 g/mol. The van der Waals surface area contributed by atoms with E-state index >= 15 is 0 Å². The van der Waals surface area contributed by atoms with Crippen molar-refractivity contribution >= 4 is 0 Å². The Hall–Kier alpha value is -0.240. The van der Waals surface area contributed by atoms with E-state index in [2.05, 4.69) is 37.9 Å². The number of rotatable bonds is 2. The van der Waals surface area contributed by atoms with Crippen molar-refractivity contribution in [3.8, 4) is 0 Å². The maximum absolute atomic E-state index is 9.28. The third-order valence-electron chi connectivity index (χ3n) is 4.56. The molecule has 2 fully saturated rings. The van der Waals surface area contributed by atoms with Crippen molar-refractivity contribution in [2.75, 3.05) is 0 Å². The van der Waals surface area contributed by atoms with E-state index in [0.717, 1.165) is 24.9 Å². The van der Waals surface area contributed by atoms with Gasteiger partial charge in [-0.25, -0.2) is 4.89 Å². The number of hydrogen-bond acceptors (Lipinski definition) is 6. The lowest BCUT2D eigenvalue weighted by Gasteiger charge is -2.33. The second kappa shape index (κ2) is 16.5. The summed E-state index contributed by atoms with van der Waals surface area (Å²) in [6.45, 7) is 17.4. The minimum absolute atomic E-state index is 0.0602. The van der Waals surface area contributed by atoms with E-state index < -0.39 is 5.60 Å². The summed E-state index contributed by atoms with van der Waals surface area (Å²) >= 11 is 0. The van der Waals surface area contributed by atoms with Crippen molar-refractivity contribution in [2.45, 2.75) is 143 Å². The van der Waals surface area contributed by atoms with Gasteiger partial charge in [-0.15, -0.1) is 0 Å². The highest BCUT2D eigenvalue weighted by atomic mass is 17.1. The third-order valence-corrected chi connectivity index (χ3v) is 4.56. The molecule has 0 aromatic carbocycles. The molecule has 0 radical (unpaired) electrons. The number of hydroxylamine groups is 2. The zero-order chi connectivity index (χ0) is 22.3. The van der Waals surface area contributed by atoms with Crippen molar-refractivity contribution in [3.63, 3.8) is 0 Å². The lowest BCUT2D eigenvalue weighted by Crippen LogP contribution is -2.40. The number of piperidine rings is 2. The average molecular weight is 407 g/mol. The summed E-state index contributed by atoms with van der Waals surface area (Å²) in [5, 5.41) is 30.5. The summed E-state index contributed by atoms with van der Waals surface area (Å²) < 4.78 is 0. The average Bonchev–Trinajstić information content (AvgIpc) is 2.59. The number of aliphatic hydroxyl groups is 1. The van der Waals surface area contributed by atoms with Gasteiger partial charge < -0.3 is 15.6 Å². The van der Waals surface area contributed by atoms with E-state index in [1.807, 2.05) is 0 Å². The molecule has 28 heavy (non-hydrogen) atoms. The van der Waals surface area contributed by atoms with Crippen molar-refractivity contribution < 1.29 is 20.5 Å². The Labute approximate surface area is 174 Å². The summed E-state index contributed by atoms with van der Waals surface area (Å²) in [6.07, 6.45) is 8.96. The van der Waals surface area contributed by atoms with Crippen LogP contribution in [0.25, 0.3) is 0 Å². The first-order valence-corrected chi connectivity index (χ1v) is 11.1. The molecule has 0 aromatic rings. The first-order valence-electron chi connectivity index (χ1n) is 11.1. The largest absolute Gasteiger partial charge is 0.391 e. The molecule has 2 heterocycles. The molecule has 0 amide bonds. The van der Waals surface area contributed by atoms with Crippen LogP contribution in [0, 0.1) is 0 Å². The van der Waals surface area contributed by atoms with Gasteiger partial charge in [0.1, 0.15) is 0 Å². The molecule has 0 aliphatic carbocycles. The molecule has 172 valence electrons. The maximum Gasteiger partial charge on any atom is 0.0871 e. The molecule has 0 spiro atoms. The smallest absolute Gasteiger partial charge is 0.0871 e. The predicted molar refractivity (Wildman–Crippen MR) is 118 cm³/mol. The van der Waals surface area contributed by atoms with Gasteiger partial charge in [0.15, 0.2) is 0 Å². The Morgan fingerprint density at radius 1 is 1.00 bits per heavy atom. The number of nitrogens with zero attached hydrogens (tertiary/aromatic N) is 1. The molecule has 2 aliphatic rings. The normalized spacial score (nSPS) is 28.2. The van der Waals surface area contributed by atoms with Crippen molar-refractivity contribution in [1.82, 2.24) is 10.4 Å². The van der Waals surface area contributed by atoms with Gasteiger partial charge in [-0.3, -0.25) is 5.26 Å². The maximum atomic E-state index is 9.28. The highest BCUT2D eigenvalue weighted by molar-refractivity contribution is 4.76. The van der Waals surface area contributed by atoms with E-state index in [9.17, 15) is 5.21 Å². The molecule has 6 nitrogen and oxygen atoms in total. The summed E-state index contributed by atoms with van der Waals surface area (Å²) in [4.78, 5) is 3.75. The Kier molecular flexibility index (Phi) is 17.7. The van der Waals surface area contributed by atoms with Crippen molar-refractivity contribution in [2.24, 2.45) is 0 Å². The fourth-order valence-electron chi connectivity index (χ4n) is 2.97. The number of hydrogen-bond donors (Lipinski definition) is 4. The molecule has 0 bridgehead atoms. The van der Waals surface area contributed by atoms with Gasteiger partial charge in [-0.2, -0.15) is 5.06 Å². The Morgan fingerprint density at radius 3 is 1.64 bits per heavy atom. The predicted octanol–water partition coefficient (Wildman–Crippen LogP) is 5.23. The SMILES string of the molecule is CC(C)(C)O.CC(C)OO.CC1CCCC(C)N1O.CCC1CCCC(C)N1. The minimum Gasteiger partial charge on any atom is -0.391 e. The minimum atomic E-state index is -0.500. The van der Waals surface area contributed by atoms with Crippen molar-refractivity contribution in [3.05, 3.63) is 0 Å². The first-order chi connectivity index (χ1) is 12.8. The zero-order valence-corrected chi connectivity index (χ0v) is 20.0. The summed E-state index contributed by atoms with van der Waals surface area (Å²) in [5.74, 6) is 0. The van der Waals surface area contributed by atoms with Gasteiger partial charge in [-0.05, 0) is 87.5 Å². The summed E-state index contributed by atoms with van der Waals surface area (Å²) in [5.41, 5.74) is -0.500. The van der Waals surface area contributed by atoms with Gasteiger partial charge in [0.2, 0.25) is 0 Å². The van der Waals surface area contributed by atoms with Crippen LogP contribution in [0.4, 0.5) is 0 Å². The fourth-order valence-corrected chi connectivity index (χ4v) is 2.97. The van der Waals surface area contributed by atoms with Crippen LogP contribution in [-0.2, 0) is 4.89 Å². The fraction of sp³-hybridized carbons (Fsp3) is 1.00. The van der Waals surface area contributed by atoms with E-state index in [4.69, 9.17) is 10.4 Å². The third kappa shape index (κ3) is 20.5. The van der Waals surface area contributed by atoms with Gasteiger partial charge in [0, 0.05) is 24.2 Å². The van der Waals surface area contributed by atoms with Gasteiger partial charge in [0.05, 0.1) is 11.7 Å². The summed E-state index contributed by atoms with van der Waals surface area (Å²) in [6, 6.07) is 2.32. The van der Waals surface area contributed by atoms with Crippen LogP contribution in [0.3, 0.4) is 0 Å². The van der Waals surface area contributed by atoms with Gasteiger partial charge >= 0.3 is 0 Å². The molecule has 2 aliphatic heterocycles. The highest BCUT2D eigenvalue weighted by Gasteiger charge is 2.22. The Balaban J connectivity index is 0. The van der Waals surface area contributed by atoms with E-state index in [0.29, 0.717) is 12.1 Å². The monoisotopic (exact) mass is 406 g/mol. The zero-order valence-electron chi connectivity index (χ0n) is 20.0. The quantitative estimate of drug-likeness (QED) is 0.371. The van der Waals surface area contributed by atoms with Crippen LogP contribution in [-0.4, -0.2) is 56.5 Å². The van der Waals surface area contributed by atoms with Crippen LogP contribution < -0.4 is 5.32 Å². The molecule has 4 atom stereocenters. The molecule has 2 rings (SSSR count).